The number of thioether (sulfide) groups is 1. The number of halogens is 2. The lowest BCUT2D eigenvalue weighted by Crippen LogP contribution is -2.31. The summed E-state index contributed by atoms with van der Waals surface area (Å²) >= 11 is 7.06. The van der Waals surface area contributed by atoms with E-state index in [0.29, 0.717) is 27.1 Å². The van der Waals surface area contributed by atoms with Crippen LogP contribution in [0.3, 0.4) is 0 Å². The fourth-order valence-electron chi connectivity index (χ4n) is 3.94. The fraction of sp³-hybridized carbons (Fsp3) is 0.107. The number of dihydropyridines is 1. The third-order valence-corrected chi connectivity index (χ3v) is 6.88. The zero-order chi connectivity index (χ0) is 26.4. The first-order valence-electron chi connectivity index (χ1n) is 11.3. The van der Waals surface area contributed by atoms with Gasteiger partial charge in [0, 0.05) is 33.2 Å². The first-order chi connectivity index (χ1) is 17.9. The van der Waals surface area contributed by atoms with Crippen molar-refractivity contribution in [3.8, 4) is 6.07 Å². The van der Waals surface area contributed by atoms with Crippen LogP contribution in [0.2, 0.25) is 5.02 Å². The number of anilines is 2. The van der Waals surface area contributed by atoms with Gasteiger partial charge < -0.3 is 16.0 Å². The highest BCUT2D eigenvalue weighted by atomic mass is 35.5. The molecule has 1 atom stereocenters. The molecule has 0 aromatic heterocycles. The highest BCUT2D eigenvalue weighted by molar-refractivity contribution is 8.03. The number of para-hydroxylation sites is 1. The molecule has 0 unspecified atom stereocenters. The maximum atomic E-state index is 15.0. The number of nitrogens with zero attached hydrogens (tertiary/aromatic N) is 1. The van der Waals surface area contributed by atoms with E-state index in [0.717, 1.165) is 11.8 Å². The molecule has 3 aromatic rings. The van der Waals surface area contributed by atoms with E-state index in [1.807, 2.05) is 18.2 Å². The molecule has 37 heavy (non-hydrogen) atoms. The van der Waals surface area contributed by atoms with E-state index >= 15 is 4.39 Å². The van der Waals surface area contributed by atoms with E-state index in [9.17, 15) is 14.9 Å². The smallest absolute Gasteiger partial charge is 0.254 e. The van der Waals surface area contributed by atoms with Crippen molar-refractivity contribution >= 4 is 46.6 Å². The van der Waals surface area contributed by atoms with Gasteiger partial charge >= 0.3 is 0 Å². The molecule has 4 rings (SSSR count). The Morgan fingerprint density at radius 1 is 1.00 bits per heavy atom. The lowest BCUT2D eigenvalue weighted by molar-refractivity contribution is -0.114. The summed E-state index contributed by atoms with van der Waals surface area (Å²) in [5.41, 5.74) is 2.14. The Morgan fingerprint density at radius 2 is 1.65 bits per heavy atom. The number of carbonyl (C=O) groups excluding carboxylic acids is 2. The molecule has 0 saturated carbocycles. The van der Waals surface area contributed by atoms with Gasteiger partial charge in [0.05, 0.1) is 28.3 Å². The molecule has 9 heteroatoms. The molecule has 0 aliphatic carbocycles. The molecule has 1 heterocycles. The number of benzene rings is 3. The monoisotopic (exact) mass is 532 g/mol. The molecule has 2 amide bonds. The Kier molecular flexibility index (Phi) is 8.29. The van der Waals surface area contributed by atoms with Crippen molar-refractivity contribution < 1.29 is 14.0 Å². The Hall–Kier alpha value is -4.06. The van der Waals surface area contributed by atoms with Crippen LogP contribution >= 0.6 is 23.4 Å². The summed E-state index contributed by atoms with van der Waals surface area (Å²) in [5, 5.41) is 19.7. The van der Waals surface area contributed by atoms with Gasteiger partial charge in [0.25, 0.3) is 5.91 Å². The quantitative estimate of drug-likeness (QED) is 0.337. The van der Waals surface area contributed by atoms with Crippen molar-refractivity contribution in [2.24, 2.45) is 0 Å². The number of nitrogens with one attached hydrogen (secondary N) is 3. The van der Waals surface area contributed by atoms with Gasteiger partial charge in [0.15, 0.2) is 0 Å². The van der Waals surface area contributed by atoms with Gasteiger partial charge in [-0.2, -0.15) is 5.26 Å². The number of nitriles is 1. The molecule has 1 aliphatic rings. The Labute approximate surface area is 223 Å². The molecule has 1 aliphatic heterocycles. The Bertz CT molecular complexity index is 1430. The number of allylic oxidation sites excluding steroid dienone is 2. The van der Waals surface area contributed by atoms with Gasteiger partial charge in [-0.05, 0) is 49.4 Å². The average molecular weight is 533 g/mol. The largest absolute Gasteiger partial charge is 0.353 e. The molecule has 3 aromatic carbocycles. The van der Waals surface area contributed by atoms with E-state index < -0.39 is 17.6 Å². The van der Waals surface area contributed by atoms with Gasteiger partial charge in [0.1, 0.15) is 5.82 Å². The highest BCUT2D eigenvalue weighted by Gasteiger charge is 2.36. The Balaban J connectivity index is 1.65. The van der Waals surface area contributed by atoms with Crippen LogP contribution in [0, 0.1) is 17.1 Å². The fourth-order valence-corrected chi connectivity index (χ4v) is 4.95. The predicted molar refractivity (Wildman–Crippen MR) is 145 cm³/mol. The van der Waals surface area contributed by atoms with E-state index in [2.05, 4.69) is 22.0 Å². The summed E-state index contributed by atoms with van der Waals surface area (Å²) < 4.78 is 15.0. The van der Waals surface area contributed by atoms with Gasteiger partial charge in [-0.3, -0.25) is 9.59 Å². The van der Waals surface area contributed by atoms with Crippen LogP contribution in [-0.2, 0) is 9.59 Å². The molecule has 6 nitrogen and oxygen atoms in total. The maximum Gasteiger partial charge on any atom is 0.254 e. The number of hydrogen-bond acceptors (Lipinski definition) is 5. The molecule has 0 fully saturated rings. The van der Waals surface area contributed by atoms with E-state index in [4.69, 9.17) is 11.6 Å². The molecule has 0 radical (unpaired) electrons. The van der Waals surface area contributed by atoms with Crippen LogP contribution in [0.15, 0.2) is 101 Å². The third-order valence-electron chi connectivity index (χ3n) is 5.62. The minimum Gasteiger partial charge on any atom is -0.353 e. The molecular formula is C28H22ClFN4O2S. The Morgan fingerprint density at radius 3 is 2.32 bits per heavy atom. The van der Waals surface area contributed by atoms with E-state index in [1.165, 1.54) is 6.07 Å². The first kappa shape index (κ1) is 26.0. The SMILES string of the molecule is CC1=C(C(=O)Nc2ccc(Cl)cc2)[C@@H](c2ccccc2F)C(C#N)=C(SCC(=O)Nc2ccccc2)N1. The zero-order valence-corrected chi connectivity index (χ0v) is 21.3. The number of amides is 2. The molecular weight excluding hydrogens is 511 g/mol. The maximum absolute atomic E-state index is 15.0. The summed E-state index contributed by atoms with van der Waals surface area (Å²) in [7, 11) is 0. The van der Waals surface area contributed by atoms with Gasteiger partial charge in [-0.15, -0.1) is 0 Å². The predicted octanol–water partition coefficient (Wildman–Crippen LogP) is 6.19. The third kappa shape index (κ3) is 6.20. The standard InChI is InChI=1S/C28H22ClFN4O2S/c1-17-25(27(36)34-20-13-11-18(29)12-14-20)26(21-9-5-6-10-23(21)30)22(15-31)28(32-17)37-16-24(35)33-19-7-3-2-4-8-19/h2-14,26,32H,16H2,1H3,(H,33,35)(H,34,36)/t26-/m0/s1. The first-order valence-corrected chi connectivity index (χ1v) is 12.6. The molecule has 0 bridgehead atoms. The van der Waals surface area contributed by atoms with Crippen molar-refractivity contribution in [3.05, 3.63) is 117 Å². The van der Waals surface area contributed by atoms with Crippen molar-refractivity contribution in [2.75, 3.05) is 16.4 Å². The molecule has 3 N–H and O–H groups in total. The second kappa shape index (κ2) is 11.8. The van der Waals surface area contributed by atoms with Crippen LogP contribution in [0.5, 0.6) is 0 Å². The normalized spacial score (nSPS) is 15.0. The number of rotatable bonds is 7. The van der Waals surface area contributed by atoms with Crippen molar-refractivity contribution in [1.29, 1.82) is 5.26 Å². The second-order valence-corrected chi connectivity index (χ2v) is 9.56. The summed E-state index contributed by atoms with van der Waals surface area (Å²) in [6.07, 6.45) is 0. The van der Waals surface area contributed by atoms with Crippen molar-refractivity contribution in [1.82, 2.24) is 5.32 Å². The lowest BCUT2D eigenvalue weighted by Gasteiger charge is -2.30. The van der Waals surface area contributed by atoms with Crippen LogP contribution in [0.25, 0.3) is 0 Å². The summed E-state index contributed by atoms with van der Waals surface area (Å²) in [4.78, 5) is 26.0. The van der Waals surface area contributed by atoms with Crippen LogP contribution in [-0.4, -0.2) is 17.6 Å². The topological polar surface area (TPSA) is 94.0 Å². The number of carbonyl (C=O) groups is 2. The van der Waals surface area contributed by atoms with Gasteiger partial charge in [-0.1, -0.05) is 59.8 Å². The second-order valence-electron chi connectivity index (χ2n) is 8.14. The number of hydrogen-bond donors (Lipinski definition) is 3. The summed E-state index contributed by atoms with van der Waals surface area (Å²) in [6.45, 7) is 1.68. The van der Waals surface area contributed by atoms with Crippen LogP contribution < -0.4 is 16.0 Å². The summed E-state index contributed by atoms with van der Waals surface area (Å²) in [6, 6.07) is 23.8. The average Bonchev–Trinajstić information content (AvgIpc) is 2.89. The van der Waals surface area contributed by atoms with Gasteiger partial charge in [-0.25, -0.2) is 4.39 Å². The van der Waals surface area contributed by atoms with E-state index in [-0.39, 0.29) is 28.4 Å². The van der Waals surface area contributed by atoms with E-state index in [1.54, 1.807) is 61.5 Å². The van der Waals surface area contributed by atoms with Crippen molar-refractivity contribution in [2.45, 2.75) is 12.8 Å². The summed E-state index contributed by atoms with van der Waals surface area (Å²) in [5.74, 6) is -2.26. The molecule has 0 saturated heterocycles. The molecule has 0 spiro atoms. The minimum absolute atomic E-state index is 0.00594. The lowest BCUT2D eigenvalue weighted by atomic mass is 9.82. The van der Waals surface area contributed by atoms with Crippen LogP contribution in [0.1, 0.15) is 18.4 Å². The van der Waals surface area contributed by atoms with Crippen molar-refractivity contribution in [3.63, 3.8) is 0 Å². The van der Waals surface area contributed by atoms with Crippen LogP contribution in [0.4, 0.5) is 15.8 Å². The zero-order valence-electron chi connectivity index (χ0n) is 19.7. The molecule has 186 valence electrons. The van der Waals surface area contributed by atoms with Gasteiger partial charge in [0.2, 0.25) is 5.91 Å². The highest BCUT2D eigenvalue weighted by Crippen LogP contribution is 2.41. The minimum atomic E-state index is -0.973.